The maximum absolute atomic E-state index is 14.4. The Hall–Kier alpha value is -3.17. The van der Waals surface area contributed by atoms with Crippen LogP contribution in [0.1, 0.15) is 0 Å². The number of hydrogen-bond donors (Lipinski definition) is 1. The normalized spacial score (nSPS) is 11.0. The fourth-order valence-electron chi connectivity index (χ4n) is 2.62. The van der Waals surface area contributed by atoms with Crippen LogP contribution in [0.2, 0.25) is 0 Å². The molecule has 6 nitrogen and oxygen atoms in total. The lowest BCUT2D eigenvalue weighted by Crippen LogP contribution is -2.38. The summed E-state index contributed by atoms with van der Waals surface area (Å²) in [6.45, 7) is 3.28. The second kappa shape index (κ2) is 9.55. The summed E-state index contributed by atoms with van der Waals surface area (Å²) < 4.78 is 46.7. The first-order chi connectivity index (χ1) is 14.4. The molecule has 0 bridgehead atoms. The van der Waals surface area contributed by atoms with Gasteiger partial charge in [-0.25, -0.2) is 12.8 Å². The highest BCUT2D eigenvalue weighted by atomic mass is 32.2. The molecule has 0 aliphatic carbocycles. The molecule has 0 radical (unpaired) electrons. The van der Waals surface area contributed by atoms with Gasteiger partial charge < -0.3 is 10.1 Å². The number of nitrogens with zero attached hydrogens (tertiary/aromatic N) is 1. The summed E-state index contributed by atoms with van der Waals surface area (Å²) in [5.74, 6) is -0.852. The number of carbonyl (C=O) groups excluding carboxylic acids is 1. The Kier molecular flexibility index (Phi) is 6.86. The lowest BCUT2D eigenvalue weighted by molar-refractivity contribution is -0.114. The van der Waals surface area contributed by atoms with Gasteiger partial charge in [0.25, 0.3) is 10.0 Å². The van der Waals surface area contributed by atoms with Crippen LogP contribution in [0.25, 0.3) is 0 Å². The van der Waals surface area contributed by atoms with Crippen LogP contribution in [-0.2, 0) is 14.8 Å². The van der Waals surface area contributed by atoms with Crippen molar-refractivity contribution in [2.75, 3.05) is 22.8 Å². The molecule has 1 amide bonds. The summed E-state index contributed by atoms with van der Waals surface area (Å²) in [5, 5.41) is 4.22. The molecule has 0 spiro atoms. The zero-order valence-corrected chi connectivity index (χ0v) is 17.5. The van der Waals surface area contributed by atoms with Crippen molar-refractivity contribution in [3.8, 4) is 5.75 Å². The number of anilines is 2. The van der Waals surface area contributed by atoms with Gasteiger partial charge in [-0.2, -0.15) is 0 Å². The molecule has 3 aromatic rings. The van der Waals surface area contributed by atoms with Gasteiger partial charge in [-0.15, -0.1) is 11.3 Å². The summed E-state index contributed by atoms with van der Waals surface area (Å²) in [7, 11) is -4.13. The minimum atomic E-state index is -4.13. The number of halogens is 1. The van der Waals surface area contributed by atoms with Gasteiger partial charge >= 0.3 is 0 Å². The van der Waals surface area contributed by atoms with E-state index >= 15 is 0 Å². The van der Waals surface area contributed by atoms with Gasteiger partial charge in [0, 0.05) is 11.8 Å². The highest BCUT2D eigenvalue weighted by Gasteiger charge is 2.29. The van der Waals surface area contributed by atoms with Crippen molar-refractivity contribution >= 4 is 38.6 Å². The van der Waals surface area contributed by atoms with E-state index in [1.807, 2.05) is 0 Å². The van der Waals surface area contributed by atoms with E-state index < -0.39 is 28.3 Å². The standard InChI is InChI=1S/C21H19FN2O4S2/c1-2-12-28-17-8-5-7-16(14-17)23-20(25)15-24(19-10-4-3-9-18(19)22)30(26,27)21-11-6-13-29-21/h2-11,13-14H,1,12,15H2,(H,23,25). The molecule has 0 saturated heterocycles. The number of hydrogen-bond acceptors (Lipinski definition) is 5. The summed E-state index contributed by atoms with van der Waals surface area (Å²) in [5.41, 5.74) is 0.215. The van der Waals surface area contributed by atoms with Crippen molar-refractivity contribution in [3.63, 3.8) is 0 Å². The van der Waals surface area contributed by atoms with Crippen LogP contribution in [0.4, 0.5) is 15.8 Å². The van der Waals surface area contributed by atoms with Crippen molar-refractivity contribution in [3.05, 3.63) is 84.5 Å². The van der Waals surface area contributed by atoms with Crippen molar-refractivity contribution in [1.29, 1.82) is 0 Å². The van der Waals surface area contributed by atoms with Gasteiger partial charge in [0.1, 0.15) is 28.9 Å². The monoisotopic (exact) mass is 446 g/mol. The van der Waals surface area contributed by atoms with Gasteiger partial charge in [-0.05, 0) is 35.7 Å². The molecular formula is C21H19FN2O4S2. The largest absolute Gasteiger partial charge is 0.489 e. The smallest absolute Gasteiger partial charge is 0.274 e. The lowest BCUT2D eigenvalue weighted by Gasteiger charge is -2.23. The maximum atomic E-state index is 14.4. The van der Waals surface area contributed by atoms with E-state index in [1.165, 1.54) is 24.3 Å². The first-order valence-electron chi connectivity index (χ1n) is 8.86. The zero-order chi connectivity index (χ0) is 21.6. The molecule has 2 aromatic carbocycles. The fraction of sp³-hybridized carbons (Fsp3) is 0.0952. The van der Waals surface area contributed by atoms with Crippen LogP contribution < -0.4 is 14.4 Å². The van der Waals surface area contributed by atoms with E-state index in [4.69, 9.17) is 4.74 Å². The van der Waals surface area contributed by atoms with E-state index in [1.54, 1.807) is 41.8 Å². The van der Waals surface area contributed by atoms with Crippen molar-refractivity contribution in [2.45, 2.75) is 4.21 Å². The summed E-state index contributed by atoms with van der Waals surface area (Å²) in [6.07, 6.45) is 1.59. The number of para-hydroxylation sites is 1. The number of sulfonamides is 1. The van der Waals surface area contributed by atoms with E-state index in [-0.39, 0.29) is 9.90 Å². The van der Waals surface area contributed by atoms with Gasteiger partial charge in [0.2, 0.25) is 5.91 Å². The second-order valence-electron chi connectivity index (χ2n) is 6.07. The first-order valence-corrected chi connectivity index (χ1v) is 11.2. The van der Waals surface area contributed by atoms with Crippen molar-refractivity contribution < 1.29 is 22.3 Å². The summed E-state index contributed by atoms with van der Waals surface area (Å²) in [6, 6.07) is 15.0. The number of ether oxygens (including phenoxy) is 1. The average Bonchev–Trinajstić information content (AvgIpc) is 3.27. The predicted octanol–water partition coefficient (Wildman–Crippen LogP) is 4.29. The molecule has 9 heteroatoms. The molecule has 3 rings (SSSR count). The number of amides is 1. The van der Waals surface area contributed by atoms with E-state index in [9.17, 15) is 17.6 Å². The fourth-order valence-corrected chi connectivity index (χ4v) is 5.16. The quantitative estimate of drug-likeness (QED) is 0.498. The highest BCUT2D eigenvalue weighted by Crippen LogP contribution is 2.28. The van der Waals surface area contributed by atoms with Crippen LogP contribution >= 0.6 is 11.3 Å². The third-order valence-electron chi connectivity index (χ3n) is 3.93. The Morgan fingerprint density at radius 2 is 1.97 bits per heavy atom. The Bertz CT molecular complexity index is 1130. The molecule has 0 unspecified atom stereocenters. The van der Waals surface area contributed by atoms with Gasteiger partial charge in [-0.3, -0.25) is 9.10 Å². The second-order valence-corrected chi connectivity index (χ2v) is 9.11. The Morgan fingerprint density at radius 3 is 2.67 bits per heavy atom. The summed E-state index contributed by atoms with van der Waals surface area (Å²) >= 11 is 0.991. The third-order valence-corrected chi connectivity index (χ3v) is 7.07. The van der Waals surface area contributed by atoms with E-state index in [0.717, 1.165) is 21.7 Å². The molecule has 30 heavy (non-hydrogen) atoms. The first kappa shape index (κ1) is 21.5. The molecular weight excluding hydrogens is 427 g/mol. The predicted molar refractivity (Wildman–Crippen MR) is 116 cm³/mol. The third kappa shape index (κ3) is 5.05. The van der Waals surface area contributed by atoms with Crippen LogP contribution in [0.3, 0.4) is 0 Å². The molecule has 0 saturated carbocycles. The van der Waals surface area contributed by atoms with Gasteiger partial charge in [0.05, 0.1) is 5.69 Å². The lowest BCUT2D eigenvalue weighted by atomic mass is 10.3. The highest BCUT2D eigenvalue weighted by molar-refractivity contribution is 7.94. The van der Waals surface area contributed by atoms with Gasteiger partial charge in [-0.1, -0.05) is 36.9 Å². The Balaban J connectivity index is 1.86. The molecule has 0 aliphatic heterocycles. The minimum Gasteiger partial charge on any atom is -0.489 e. The zero-order valence-electron chi connectivity index (χ0n) is 15.8. The minimum absolute atomic E-state index is 0.0124. The Labute approximate surface area is 178 Å². The molecule has 0 atom stereocenters. The number of nitrogens with one attached hydrogen (secondary N) is 1. The molecule has 1 aromatic heterocycles. The molecule has 1 heterocycles. The topological polar surface area (TPSA) is 75.7 Å². The van der Waals surface area contributed by atoms with Crippen LogP contribution in [0, 0.1) is 5.82 Å². The van der Waals surface area contributed by atoms with Gasteiger partial charge in [0.15, 0.2) is 0 Å². The summed E-state index contributed by atoms with van der Waals surface area (Å²) in [4.78, 5) is 12.7. The SMILES string of the molecule is C=CCOc1cccc(NC(=O)CN(c2ccccc2F)S(=O)(=O)c2cccs2)c1. The number of benzene rings is 2. The maximum Gasteiger partial charge on any atom is 0.274 e. The number of rotatable bonds is 9. The van der Waals surface area contributed by atoms with E-state index in [0.29, 0.717) is 18.0 Å². The number of carbonyl (C=O) groups is 1. The van der Waals surface area contributed by atoms with Crippen molar-refractivity contribution in [1.82, 2.24) is 0 Å². The van der Waals surface area contributed by atoms with Crippen LogP contribution in [0.15, 0.2) is 82.9 Å². The van der Waals surface area contributed by atoms with Crippen LogP contribution in [0.5, 0.6) is 5.75 Å². The molecule has 0 aliphatic rings. The Morgan fingerprint density at radius 1 is 1.17 bits per heavy atom. The van der Waals surface area contributed by atoms with Crippen molar-refractivity contribution in [2.24, 2.45) is 0 Å². The molecule has 0 fully saturated rings. The number of thiophene rings is 1. The molecule has 156 valence electrons. The molecule has 1 N–H and O–H groups in total. The average molecular weight is 447 g/mol. The van der Waals surface area contributed by atoms with E-state index in [2.05, 4.69) is 11.9 Å². The van der Waals surface area contributed by atoms with Crippen LogP contribution in [-0.4, -0.2) is 27.5 Å².